The van der Waals surface area contributed by atoms with Crippen LogP contribution in [-0.4, -0.2) is 19.7 Å². The van der Waals surface area contributed by atoms with Crippen LogP contribution in [0.1, 0.15) is 17.6 Å². The van der Waals surface area contributed by atoms with Gasteiger partial charge in [0.05, 0.1) is 0 Å². The van der Waals surface area contributed by atoms with Crippen LogP contribution in [0, 0.1) is 0 Å². The molecule has 3 rings (SSSR count). The first kappa shape index (κ1) is 12.0. The van der Waals surface area contributed by atoms with Gasteiger partial charge in [-0.25, -0.2) is 0 Å². The molecule has 0 bridgehead atoms. The highest BCUT2D eigenvalue weighted by molar-refractivity contribution is 6.30. The highest BCUT2D eigenvalue weighted by Gasteiger charge is 2.23. The van der Waals surface area contributed by atoms with Crippen molar-refractivity contribution in [3.63, 3.8) is 0 Å². The first-order valence-corrected chi connectivity index (χ1v) is 6.17. The summed E-state index contributed by atoms with van der Waals surface area (Å²) in [5.41, 5.74) is 13.0. The van der Waals surface area contributed by atoms with Gasteiger partial charge in [0.1, 0.15) is 6.17 Å². The first-order chi connectivity index (χ1) is 9.15. The van der Waals surface area contributed by atoms with E-state index in [1.165, 1.54) is 0 Å². The molecule has 0 radical (unpaired) electrons. The third kappa shape index (κ3) is 2.16. The van der Waals surface area contributed by atoms with Crippen molar-refractivity contribution in [2.24, 2.45) is 5.73 Å². The second kappa shape index (κ2) is 4.56. The van der Waals surface area contributed by atoms with E-state index in [1.54, 1.807) is 4.57 Å². The lowest BCUT2D eigenvalue weighted by Crippen LogP contribution is -2.34. The topological polar surface area (TPSA) is 86.0 Å². The van der Waals surface area contributed by atoms with Crippen molar-refractivity contribution in [1.82, 2.24) is 19.7 Å². The lowest BCUT2D eigenvalue weighted by molar-refractivity contribution is 0.259. The number of nitrogens with two attached hydrogens (primary N) is 2. The number of anilines is 1. The molecular formula is C12H13ClN6. The summed E-state index contributed by atoms with van der Waals surface area (Å²) in [6, 6.07) is 7.65. The molecule has 0 saturated heterocycles. The van der Waals surface area contributed by atoms with Crippen LogP contribution in [0.15, 0.2) is 30.5 Å². The fourth-order valence-corrected chi connectivity index (χ4v) is 2.14. The van der Waals surface area contributed by atoms with Gasteiger partial charge in [0, 0.05) is 24.0 Å². The van der Waals surface area contributed by atoms with Crippen molar-refractivity contribution < 1.29 is 0 Å². The Bertz CT molecular complexity index is 618. The Kier molecular flexibility index (Phi) is 2.88. The van der Waals surface area contributed by atoms with Gasteiger partial charge in [0.15, 0.2) is 5.82 Å². The maximum atomic E-state index is 6.15. The van der Waals surface area contributed by atoms with Crippen molar-refractivity contribution in [3.05, 3.63) is 46.9 Å². The zero-order valence-corrected chi connectivity index (χ0v) is 10.8. The van der Waals surface area contributed by atoms with E-state index in [0.717, 1.165) is 10.6 Å². The number of rotatable bonds is 2. The second-order valence-corrected chi connectivity index (χ2v) is 4.76. The third-order valence-electron chi connectivity index (χ3n) is 3.06. The van der Waals surface area contributed by atoms with Crippen molar-refractivity contribution >= 4 is 23.7 Å². The SMILES string of the molecule is Nc1nnc2n1C=CN(Cc1ccc(Cl)cc1)C2N. The van der Waals surface area contributed by atoms with E-state index >= 15 is 0 Å². The van der Waals surface area contributed by atoms with Crippen molar-refractivity contribution in [2.75, 3.05) is 5.73 Å². The number of aromatic nitrogens is 3. The Labute approximate surface area is 115 Å². The van der Waals surface area contributed by atoms with E-state index in [9.17, 15) is 0 Å². The van der Waals surface area contributed by atoms with Crippen LogP contribution >= 0.6 is 11.6 Å². The summed E-state index contributed by atoms with van der Waals surface area (Å²) >= 11 is 5.87. The molecule has 0 fully saturated rings. The fraction of sp³-hybridized carbons (Fsp3) is 0.167. The number of nitrogens with zero attached hydrogens (tertiary/aromatic N) is 4. The molecule has 1 atom stereocenters. The van der Waals surface area contributed by atoms with Crippen LogP contribution < -0.4 is 11.5 Å². The molecule has 0 amide bonds. The van der Waals surface area contributed by atoms with Crippen LogP contribution in [0.5, 0.6) is 0 Å². The van der Waals surface area contributed by atoms with Gasteiger partial charge in [-0.15, -0.1) is 10.2 Å². The minimum absolute atomic E-state index is 0.341. The predicted octanol–water partition coefficient (Wildman–Crippen LogP) is 1.41. The van der Waals surface area contributed by atoms with Crippen molar-refractivity contribution in [3.8, 4) is 0 Å². The highest BCUT2D eigenvalue weighted by atomic mass is 35.5. The van der Waals surface area contributed by atoms with Gasteiger partial charge < -0.3 is 16.4 Å². The fourth-order valence-electron chi connectivity index (χ4n) is 2.02. The maximum absolute atomic E-state index is 6.15. The zero-order chi connectivity index (χ0) is 13.4. The van der Waals surface area contributed by atoms with Gasteiger partial charge in [0.25, 0.3) is 0 Å². The number of hydrogen-bond acceptors (Lipinski definition) is 5. The highest BCUT2D eigenvalue weighted by Crippen LogP contribution is 2.23. The Hall–Kier alpha value is -2.05. The van der Waals surface area contributed by atoms with Gasteiger partial charge >= 0.3 is 0 Å². The van der Waals surface area contributed by atoms with Gasteiger partial charge in [0.2, 0.25) is 5.95 Å². The van der Waals surface area contributed by atoms with Gasteiger partial charge in [-0.05, 0) is 17.7 Å². The molecule has 0 saturated carbocycles. The number of benzene rings is 1. The van der Waals surface area contributed by atoms with Crippen LogP contribution in [-0.2, 0) is 6.54 Å². The van der Waals surface area contributed by atoms with Crippen LogP contribution in [0.2, 0.25) is 5.02 Å². The maximum Gasteiger partial charge on any atom is 0.226 e. The molecule has 1 unspecified atom stereocenters. The van der Waals surface area contributed by atoms with Gasteiger partial charge in [-0.1, -0.05) is 23.7 Å². The quantitative estimate of drug-likeness (QED) is 0.866. The predicted molar refractivity (Wildman–Crippen MR) is 73.7 cm³/mol. The van der Waals surface area contributed by atoms with Crippen molar-refractivity contribution in [1.29, 1.82) is 0 Å². The largest absolute Gasteiger partial charge is 0.368 e. The molecule has 0 spiro atoms. The average Bonchev–Trinajstić information content (AvgIpc) is 2.78. The molecule has 4 N–H and O–H groups in total. The molecule has 1 aliphatic rings. The minimum atomic E-state index is -0.370. The molecule has 1 aromatic heterocycles. The Morgan fingerprint density at radius 2 is 1.89 bits per heavy atom. The molecule has 98 valence electrons. The zero-order valence-electron chi connectivity index (χ0n) is 10.1. The Balaban J connectivity index is 1.83. The summed E-state index contributed by atoms with van der Waals surface area (Å²) < 4.78 is 1.68. The third-order valence-corrected chi connectivity index (χ3v) is 3.31. The molecular weight excluding hydrogens is 264 g/mol. The molecule has 2 aromatic rings. The standard InChI is InChI=1S/C12H13ClN6/c13-9-3-1-8(2-4-9)7-18-5-6-19-11(10(18)14)16-17-12(19)15/h1-6,10H,7,14H2,(H2,15,17). The monoisotopic (exact) mass is 276 g/mol. The summed E-state index contributed by atoms with van der Waals surface area (Å²) in [5, 5.41) is 8.53. The molecule has 1 aromatic carbocycles. The first-order valence-electron chi connectivity index (χ1n) is 5.79. The molecule has 1 aliphatic heterocycles. The molecule has 19 heavy (non-hydrogen) atoms. The lowest BCUT2D eigenvalue weighted by atomic mass is 10.2. The van der Waals surface area contributed by atoms with Gasteiger partial charge in [-0.2, -0.15) is 0 Å². The number of hydrogen-bond donors (Lipinski definition) is 2. The lowest BCUT2D eigenvalue weighted by Gasteiger charge is -2.29. The second-order valence-electron chi connectivity index (χ2n) is 4.33. The minimum Gasteiger partial charge on any atom is -0.368 e. The summed E-state index contributed by atoms with van der Waals surface area (Å²) in [7, 11) is 0. The number of fused-ring (bicyclic) bond motifs is 1. The summed E-state index contributed by atoms with van der Waals surface area (Å²) in [5.74, 6) is 0.974. The van der Waals surface area contributed by atoms with E-state index in [0.29, 0.717) is 18.3 Å². The molecule has 7 heteroatoms. The van der Waals surface area contributed by atoms with E-state index in [2.05, 4.69) is 10.2 Å². The summed E-state index contributed by atoms with van der Waals surface area (Å²) in [6.07, 6.45) is 3.32. The summed E-state index contributed by atoms with van der Waals surface area (Å²) in [4.78, 5) is 1.96. The summed E-state index contributed by atoms with van der Waals surface area (Å²) in [6.45, 7) is 0.668. The van der Waals surface area contributed by atoms with E-state index in [-0.39, 0.29) is 6.17 Å². The van der Waals surface area contributed by atoms with Crippen LogP contribution in [0.3, 0.4) is 0 Å². The van der Waals surface area contributed by atoms with Gasteiger partial charge in [-0.3, -0.25) is 4.57 Å². The number of nitrogen functional groups attached to an aromatic ring is 1. The molecule has 0 aliphatic carbocycles. The van der Waals surface area contributed by atoms with E-state index in [1.807, 2.05) is 41.6 Å². The molecule has 2 heterocycles. The van der Waals surface area contributed by atoms with Crippen molar-refractivity contribution in [2.45, 2.75) is 12.7 Å². The van der Waals surface area contributed by atoms with E-state index < -0.39 is 0 Å². The Morgan fingerprint density at radius 1 is 1.16 bits per heavy atom. The smallest absolute Gasteiger partial charge is 0.226 e. The Morgan fingerprint density at radius 3 is 2.63 bits per heavy atom. The number of halogens is 1. The van der Waals surface area contributed by atoms with E-state index in [4.69, 9.17) is 23.1 Å². The van der Waals surface area contributed by atoms with Crippen LogP contribution in [0.4, 0.5) is 5.95 Å². The molecule has 6 nitrogen and oxygen atoms in total. The average molecular weight is 277 g/mol. The van der Waals surface area contributed by atoms with Crippen LogP contribution in [0.25, 0.3) is 6.20 Å². The normalized spacial score (nSPS) is 17.6.